The molecule has 1 aliphatic rings. The molecule has 3 heteroatoms. The van der Waals surface area contributed by atoms with Gasteiger partial charge in [0.15, 0.2) is 0 Å². The molecule has 0 aliphatic carbocycles. The van der Waals surface area contributed by atoms with Crippen LogP contribution in [0.4, 0.5) is 0 Å². The molecule has 1 aromatic rings. The van der Waals surface area contributed by atoms with E-state index in [-0.39, 0.29) is 0 Å². The molecule has 0 spiro atoms. The molecule has 1 saturated heterocycles. The summed E-state index contributed by atoms with van der Waals surface area (Å²) in [5.41, 5.74) is 2.88. The summed E-state index contributed by atoms with van der Waals surface area (Å²) in [6.45, 7) is 17.9. The second kappa shape index (κ2) is 11.7. The summed E-state index contributed by atoms with van der Waals surface area (Å²) in [6, 6.07) is 9.19. The van der Waals surface area contributed by atoms with Gasteiger partial charge in [-0.2, -0.15) is 0 Å². The third-order valence-corrected chi connectivity index (χ3v) is 5.35. The molecule has 1 aliphatic heterocycles. The van der Waals surface area contributed by atoms with E-state index in [0.29, 0.717) is 5.92 Å². The van der Waals surface area contributed by atoms with Crippen molar-refractivity contribution in [1.29, 1.82) is 0 Å². The number of piperazine rings is 1. The van der Waals surface area contributed by atoms with Crippen molar-refractivity contribution in [3.05, 3.63) is 35.4 Å². The first-order valence-electron chi connectivity index (χ1n) is 10.7. The predicted molar refractivity (Wildman–Crippen MR) is 112 cm³/mol. The Balaban J connectivity index is 1.54. The first kappa shape index (κ1) is 21.4. The first-order chi connectivity index (χ1) is 12.5. The van der Waals surface area contributed by atoms with Crippen molar-refractivity contribution in [3.8, 4) is 0 Å². The van der Waals surface area contributed by atoms with E-state index in [2.05, 4.69) is 61.8 Å². The Morgan fingerprint density at radius 3 is 2.08 bits per heavy atom. The summed E-state index contributed by atoms with van der Waals surface area (Å²) in [7, 11) is 0. The molecule has 1 heterocycles. The van der Waals surface area contributed by atoms with E-state index in [4.69, 9.17) is 4.74 Å². The van der Waals surface area contributed by atoms with Crippen LogP contribution in [0.5, 0.6) is 0 Å². The van der Waals surface area contributed by atoms with E-state index < -0.39 is 0 Å². The van der Waals surface area contributed by atoms with Gasteiger partial charge in [0.1, 0.15) is 0 Å². The molecule has 0 amide bonds. The molecule has 0 atom stereocenters. The molecule has 0 unspecified atom stereocenters. The van der Waals surface area contributed by atoms with Gasteiger partial charge in [0.2, 0.25) is 0 Å². The van der Waals surface area contributed by atoms with E-state index >= 15 is 0 Å². The highest BCUT2D eigenvalue weighted by Gasteiger charge is 2.16. The third kappa shape index (κ3) is 8.20. The monoisotopic (exact) mass is 360 g/mol. The van der Waals surface area contributed by atoms with Gasteiger partial charge in [-0.15, -0.1) is 0 Å². The molecule has 148 valence electrons. The molecule has 1 fully saturated rings. The van der Waals surface area contributed by atoms with Crippen LogP contribution in [0.25, 0.3) is 0 Å². The molecular weight excluding hydrogens is 320 g/mol. The van der Waals surface area contributed by atoms with Crippen LogP contribution in [0.2, 0.25) is 0 Å². The molecule has 0 bridgehead atoms. The Bertz CT molecular complexity index is 475. The largest absolute Gasteiger partial charge is 0.381 e. The number of nitrogens with zero attached hydrogens (tertiary/aromatic N) is 2. The molecule has 0 N–H and O–H groups in total. The van der Waals surface area contributed by atoms with Crippen molar-refractivity contribution in [1.82, 2.24) is 9.80 Å². The quantitative estimate of drug-likeness (QED) is 0.529. The van der Waals surface area contributed by atoms with Crippen LogP contribution in [0, 0.1) is 5.92 Å². The van der Waals surface area contributed by atoms with E-state index in [1.54, 1.807) is 0 Å². The second-order valence-corrected chi connectivity index (χ2v) is 8.52. The molecule has 0 saturated carbocycles. The minimum absolute atomic E-state index is 0.617. The van der Waals surface area contributed by atoms with Gasteiger partial charge in [0.25, 0.3) is 0 Å². The Hall–Kier alpha value is -0.900. The Morgan fingerprint density at radius 2 is 1.46 bits per heavy atom. The van der Waals surface area contributed by atoms with Crippen LogP contribution in [0.3, 0.4) is 0 Å². The number of hydrogen-bond donors (Lipinski definition) is 0. The maximum absolute atomic E-state index is 5.76. The van der Waals surface area contributed by atoms with Gasteiger partial charge in [-0.3, -0.25) is 4.90 Å². The molecule has 2 rings (SSSR count). The third-order valence-electron chi connectivity index (χ3n) is 5.35. The van der Waals surface area contributed by atoms with Crippen molar-refractivity contribution in [2.45, 2.75) is 59.4 Å². The summed E-state index contributed by atoms with van der Waals surface area (Å²) in [5.74, 6) is 1.41. The van der Waals surface area contributed by atoms with Crippen LogP contribution in [-0.2, 0) is 11.3 Å². The van der Waals surface area contributed by atoms with E-state index in [1.165, 1.54) is 63.1 Å². The van der Waals surface area contributed by atoms with E-state index in [1.807, 2.05) is 0 Å². The molecule has 26 heavy (non-hydrogen) atoms. The average Bonchev–Trinajstić information content (AvgIpc) is 2.62. The van der Waals surface area contributed by atoms with Gasteiger partial charge in [0.05, 0.1) is 0 Å². The van der Waals surface area contributed by atoms with Gasteiger partial charge in [0, 0.05) is 52.5 Å². The fourth-order valence-electron chi connectivity index (χ4n) is 3.52. The van der Waals surface area contributed by atoms with E-state index in [0.717, 1.165) is 25.7 Å². The van der Waals surface area contributed by atoms with Gasteiger partial charge >= 0.3 is 0 Å². The number of rotatable bonds is 11. The first-order valence-corrected chi connectivity index (χ1v) is 10.7. The molecule has 3 nitrogen and oxygen atoms in total. The van der Waals surface area contributed by atoms with Gasteiger partial charge in [-0.1, -0.05) is 52.0 Å². The SMILES string of the molecule is CC(C)CCCOCCCN1CCN(Cc2ccc(C(C)C)cc2)CC1. The summed E-state index contributed by atoms with van der Waals surface area (Å²) in [5, 5.41) is 0. The van der Waals surface area contributed by atoms with Gasteiger partial charge in [-0.05, 0) is 42.2 Å². The van der Waals surface area contributed by atoms with Crippen LogP contribution in [0.1, 0.15) is 64.0 Å². The molecule has 1 aromatic carbocycles. The smallest absolute Gasteiger partial charge is 0.0478 e. The zero-order valence-corrected chi connectivity index (χ0v) is 17.5. The normalized spacial score (nSPS) is 16.7. The highest BCUT2D eigenvalue weighted by atomic mass is 16.5. The maximum atomic E-state index is 5.76. The minimum Gasteiger partial charge on any atom is -0.381 e. The lowest BCUT2D eigenvalue weighted by atomic mass is 10.0. The van der Waals surface area contributed by atoms with Crippen LogP contribution in [0.15, 0.2) is 24.3 Å². The lowest BCUT2D eigenvalue weighted by Crippen LogP contribution is -2.46. The number of hydrogen-bond acceptors (Lipinski definition) is 3. The highest BCUT2D eigenvalue weighted by Crippen LogP contribution is 2.16. The van der Waals surface area contributed by atoms with Crippen molar-refractivity contribution in [3.63, 3.8) is 0 Å². The van der Waals surface area contributed by atoms with Crippen LogP contribution < -0.4 is 0 Å². The summed E-state index contributed by atoms with van der Waals surface area (Å²) in [4.78, 5) is 5.18. The van der Waals surface area contributed by atoms with E-state index in [9.17, 15) is 0 Å². The standard InChI is InChI=1S/C23H40N2O/c1-20(2)7-5-17-26-18-6-12-24-13-15-25(16-14-24)19-22-8-10-23(11-9-22)21(3)4/h8-11,20-21H,5-7,12-19H2,1-4H3. The zero-order valence-electron chi connectivity index (χ0n) is 17.5. The Morgan fingerprint density at radius 1 is 0.846 bits per heavy atom. The van der Waals surface area contributed by atoms with Crippen LogP contribution >= 0.6 is 0 Å². The average molecular weight is 361 g/mol. The topological polar surface area (TPSA) is 15.7 Å². The minimum atomic E-state index is 0.617. The lowest BCUT2D eigenvalue weighted by molar-refractivity contribution is 0.0943. The summed E-state index contributed by atoms with van der Waals surface area (Å²) in [6.07, 6.45) is 3.65. The Kier molecular flexibility index (Phi) is 9.66. The Labute approximate surface area is 161 Å². The second-order valence-electron chi connectivity index (χ2n) is 8.52. The lowest BCUT2D eigenvalue weighted by Gasteiger charge is -2.34. The molecule has 0 aromatic heterocycles. The molecule has 0 radical (unpaired) electrons. The summed E-state index contributed by atoms with van der Waals surface area (Å²) >= 11 is 0. The maximum Gasteiger partial charge on any atom is 0.0478 e. The van der Waals surface area contributed by atoms with Crippen molar-refractivity contribution in [2.24, 2.45) is 5.92 Å². The van der Waals surface area contributed by atoms with Crippen molar-refractivity contribution in [2.75, 3.05) is 45.9 Å². The highest BCUT2D eigenvalue weighted by molar-refractivity contribution is 5.24. The predicted octanol–water partition coefficient (Wildman–Crippen LogP) is 4.77. The fraction of sp³-hybridized carbons (Fsp3) is 0.739. The number of benzene rings is 1. The van der Waals surface area contributed by atoms with Crippen molar-refractivity contribution < 1.29 is 4.74 Å². The van der Waals surface area contributed by atoms with Gasteiger partial charge < -0.3 is 9.64 Å². The number of ether oxygens (including phenoxy) is 1. The molecular formula is C23H40N2O. The fourth-order valence-corrected chi connectivity index (χ4v) is 3.52. The zero-order chi connectivity index (χ0) is 18.8. The van der Waals surface area contributed by atoms with Crippen molar-refractivity contribution >= 4 is 0 Å². The summed E-state index contributed by atoms with van der Waals surface area (Å²) < 4.78 is 5.76. The van der Waals surface area contributed by atoms with Crippen LogP contribution in [-0.4, -0.2) is 55.7 Å². The van der Waals surface area contributed by atoms with Gasteiger partial charge in [-0.25, -0.2) is 0 Å².